The highest BCUT2D eigenvalue weighted by Crippen LogP contribution is 2.31. The van der Waals surface area contributed by atoms with Crippen LogP contribution in [0.15, 0.2) is 12.2 Å². The first-order chi connectivity index (χ1) is 16.1. The minimum absolute atomic E-state index is 0.0756. The number of rotatable bonds is 8. The summed E-state index contributed by atoms with van der Waals surface area (Å²) in [6.07, 6.45) is -0.0338. The first kappa shape index (κ1) is 28.0. The van der Waals surface area contributed by atoms with E-state index in [4.69, 9.17) is 14.2 Å². The van der Waals surface area contributed by atoms with E-state index in [1.54, 1.807) is 0 Å². The van der Waals surface area contributed by atoms with E-state index >= 15 is 0 Å². The Balaban J connectivity index is 2.03. The van der Waals surface area contributed by atoms with Crippen molar-refractivity contribution in [1.29, 1.82) is 0 Å². The average Bonchev–Trinajstić information content (AvgIpc) is 2.75. The lowest BCUT2D eigenvalue weighted by molar-refractivity contribution is -0.296. The summed E-state index contributed by atoms with van der Waals surface area (Å²) in [6, 6.07) is -1.26. The molecule has 0 spiro atoms. The molecule has 2 aliphatic rings. The third kappa shape index (κ3) is 7.91. The highest BCUT2D eigenvalue weighted by Gasteiger charge is 2.54. The Morgan fingerprint density at radius 3 is 2.65 bits per heavy atom. The van der Waals surface area contributed by atoms with Crippen LogP contribution >= 0.6 is 0 Å². The molecule has 1 aliphatic heterocycles. The molecule has 1 saturated heterocycles. The second-order valence-corrected chi connectivity index (χ2v) is 8.53. The van der Waals surface area contributed by atoms with Gasteiger partial charge in [0.05, 0.1) is 24.9 Å². The zero-order valence-corrected chi connectivity index (χ0v) is 19.5. The SMILES string of the molecule is CCOC(=O)C1(O)C[C@H](O)C(NC(C)=O)[C@H]([C@H](O)[C@H](O)CNC(=O)OC2/C=C\CCCCC2)O1. The maximum Gasteiger partial charge on any atom is 0.407 e. The standard InChI is InChI=1S/C22H36N2O10/c1-3-32-20(29)22(31)11-15(26)17(24-13(2)25)19(34-22)18(28)16(27)12-23-21(30)33-14-9-7-5-4-6-8-10-14/h7,9,14-19,26-28,31H,3-6,8,10-12H2,1-2H3,(H,23,30)(H,24,25)/b9-7-/t14?,15-,16+,17?,18+,19+,22?/m0/s1. The predicted octanol–water partition coefficient (Wildman–Crippen LogP) is -0.770. The molecule has 2 amide bonds. The maximum atomic E-state index is 12.2. The number of ether oxygens (including phenoxy) is 3. The summed E-state index contributed by atoms with van der Waals surface area (Å²) in [4.78, 5) is 35.9. The van der Waals surface area contributed by atoms with Crippen LogP contribution in [0.3, 0.4) is 0 Å². The fraction of sp³-hybridized carbons (Fsp3) is 0.773. The highest BCUT2D eigenvalue weighted by molar-refractivity contribution is 5.78. The van der Waals surface area contributed by atoms with Gasteiger partial charge < -0.3 is 45.3 Å². The van der Waals surface area contributed by atoms with Gasteiger partial charge in [-0.2, -0.15) is 0 Å². The third-order valence-electron chi connectivity index (χ3n) is 5.70. The van der Waals surface area contributed by atoms with Crippen LogP contribution in [0.4, 0.5) is 4.79 Å². The Kier molecular flexibility index (Phi) is 10.7. The summed E-state index contributed by atoms with van der Waals surface area (Å²) in [6.45, 7) is 2.14. The fourth-order valence-electron chi connectivity index (χ4n) is 3.98. The Bertz CT molecular complexity index is 732. The molecular weight excluding hydrogens is 452 g/mol. The number of aliphatic hydroxyl groups is 4. The van der Waals surface area contributed by atoms with E-state index in [0.29, 0.717) is 6.42 Å². The van der Waals surface area contributed by atoms with Crippen molar-refractivity contribution in [3.8, 4) is 0 Å². The first-order valence-electron chi connectivity index (χ1n) is 11.6. The number of allylic oxidation sites excluding steroid dienone is 1. The summed E-state index contributed by atoms with van der Waals surface area (Å²) < 4.78 is 15.4. The zero-order chi connectivity index (χ0) is 25.3. The number of esters is 1. The van der Waals surface area contributed by atoms with Crippen LogP contribution in [0.5, 0.6) is 0 Å². The number of aliphatic hydroxyl groups excluding tert-OH is 3. The smallest absolute Gasteiger partial charge is 0.407 e. The van der Waals surface area contributed by atoms with Gasteiger partial charge in [-0.3, -0.25) is 4.79 Å². The predicted molar refractivity (Wildman–Crippen MR) is 117 cm³/mol. The van der Waals surface area contributed by atoms with Gasteiger partial charge in [0.25, 0.3) is 5.79 Å². The van der Waals surface area contributed by atoms with Crippen LogP contribution in [0.25, 0.3) is 0 Å². The van der Waals surface area contributed by atoms with Crippen molar-refractivity contribution < 1.29 is 49.0 Å². The van der Waals surface area contributed by atoms with Crippen LogP contribution in [-0.2, 0) is 23.8 Å². The minimum Gasteiger partial charge on any atom is -0.462 e. The summed E-state index contributed by atoms with van der Waals surface area (Å²) >= 11 is 0. The lowest BCUT2D eigenvalue weighted by Crippen LogP contribution is -2.67. The third-order valence-corrected chi connectivity index (χ3v) is 5.70. The van der Waals surface area contributed by atoms with Gasteiger partial charge in [-0.05, 0) is 38.7 Å². The van der Waals surface area contributed by atoms with Crippen LogP contribution < -0.4 is 10.6 Å². The van der Waals surface area contributed by atoms with Crippen molar-refractivity contribution >= 4 is 18.0 Å². The van der Waals surface area contributed by atoms with Gasteiger partial charge in [-0.1, -0.05) is 12.5 Å². The van der Waals surface area contributed by atoms with Gasteiger partial charge in [0.2, 0.25) is 5.91 Å². The van der Waals surface area contributed by atoms with Crippen LogP contribution in [-0.4, -0.2) is 93.9 Å². The molecule has 7 atom stereocenters. The molecule has 1 heterocycles. The van der Waals surface area contributed by atoms with Crippen LogP contribution in [0.2, 0.25) is 0 Å². The van der Waals surface area contributed by atoms with Gasteiger partial charge in [0.15, 0.2) is 0 Å². The van der Waals surface area contributed by atoms with E-state index in [1.165, 1.54) is 13.8 Å². The molecule has 1 aliphatic carbocycles. The molecule has 0 aromatic carbocycles. The van der Waals surface area contributed by atoms with E-state index in [-0.39, 0.29) is 6.61 Å². The van der Waals surface area contributed by atoms with E-state index < -0.39 is 73.3 Å². The van der Waals surface area contributed by atoms with Gasteiger partial charge in [0, 0.05) is 19.9 Å². The molecule has 6 N–H and O–H groups in total. The van der Waals surface area contributed by atoms with E-state index in [2.05, 4.69) is 10.6 Å². The monoisotopic (exact) mass is 488 g/mol. The molecule has 1 fully saturated rings. The molecule has 34 heavy (non-hydrogen) atoms. The topological polar surface area (TPSA) is 184 Å². The molecule has 194 valence electrons. The molecule has 0 radical (unpaired) electrons. The molecule has 12 heteroatoms. The van der Waals surface area contributed by atoms with Crippen molar-refractivity contribution in [3.05, 3.63) is 12.2 Å². The van der Waals surface area contributed by atoms with Crippen molar-refractivity contribution in [2.75, 3.05) is 13.2 Å². The number of amides is 2. The molecular formula is C22H36N2O10. The number of alkyl carbamates (subject to hydrolysis) is 1. The van der Waals surface area contributed by atoms with Crippen LogP contribution in [0, 0.1) is 0 Å². The Hall–Kier alpha value is -2.25. The molecule has 0 saturated carbocycles. The summed E-state index contributed by atoms with van der Waals surface area (Å²) in [5.74, 6) is -4.36. The normalized spacial score (nSPS) is 32.3. The van der Waals surface area contributed by atoms with Gasteiger partial charge >= 0.3 is 12.1 Å². The van der Waals surface area contributed by atoms with Gasteiger partial charge in [0.1, 0.15) is 18.3 Å². The number of carbonyl (C=O) groups excluding carboxylic acids is 3. The zero-order valence-electron chi connectivity index (χ0n) is 19.5. The number of hydrogen-bond acceptors (Lipinski definition) is 10. The molecule has 0 aromatic heterocycles. The Morgan fingerprint density at radius 2 is 1.97 bits per heavy atom. The van der Waals surface area contributed by atoms with Crippen molar-refractivity contribution in [1.82, 2.24) is 10.6 Å². The van der Waals surface area contributed by atoms with Crippen molar-refractivity contribution in [2.45, 2.75) is 94.7 Å². The summed E-state index contributed by atoms with van der Waals surface area (Å²) in [7, 11) is 0. The van der Waals surface area contributed by atoms with Crippen molar-refractivity contribution in [3.63, 3.8) is 0 Å². The number of hydrogen-bond donors (Lipinski definition) is 6. The van der Waals surface area contributed by atoms with Gasteiger partial charge in [-0.25, -0.2) is 9.59 Å². The first-order valence-corrected chi connectivity index (χ1v) is 11.6. The molecule has 0 bridgehead atoms. The lowest BCUT2D eigenvalue weighted by atomic mass is 9.88. The van der Waals surface area contributed by atoms with Crippen molar-refractivity contribution in [2.24, 2.45) is 0 Å². The molecule has 3 unspecified atom stereocenters. The molecule has 0 aromatic rings. The Labute approximate surface area is 198 Å². The lowest BCUT2D eigenvalue weighted by Gasteiger charge is -2.45. The Morgan fingerprint density at radius 1 is 1.24 bits per heavy atom. The maximum absolute atomic E-state index is 12.2. The van der Waals surface area contributed by atoms with E-state index in [0.717, 1.165) is 25.7 Å². The second kappa shape index (κ2) is 13.0. The highest BCUT2D eigenvalue weighted by atomic mass is 16.7. The summed E-state index contributed by atoms with van der Waals surface area (Å²) in [5, 5.41) is 46.9. The molecule has 12 nitrogen and oxygen atoms in total. The summed E-state index contributed by atoms with van der Waals surface area (Å²) in [5.41, 5.74) is 0. The quantitative estimate of drug-likeness (QED) is 0.187. The van der Waals surface area contributed by atoms with E-state index in [9.17, 15) is 34.8 Å². The molecule has 2 rings (SSSR count). The van der Waals surface area contributed by atoms with E-state index in [1.807, 2.05) is 12.2 Å². The second-order valence-electron chi connectivity index (χ2n) is 8.53. The van der Waals surface area contributed by atoms with Crippen LogP contribution in [0.1, 0.15) is 52.4 Å². The average molecular weight is 489 g/mol. The number of carbonyl (C=O) groups is 3. The fourth-order valence-corrected chi connectivity index (χ4v) is 3.98. The minimum atomic E-state index is -2.60. The number of nitrogens with one attached hydrogen (secondary N) is 2. The van der Waals surface area contributed by atoms with Gasteiger partial charge in [-0.15, -0.1) is 0 Å². The largest absolute Gasteiger partial charge is 0.462 e.